The van der Waals surface area contributed by atoms with Crippen molar-refractivity contribution in [1.29, 1.82) is 0 Å². The van der Waals surface area contributed by atoms with E-state index in [1.807, 2.05) is 18.5 Å². The molecule has 0 amide bonds. The quantitative estimate of drug-likeness (QED) is 0.531. The van der Waals surface area contributed by atoms with Crippen LogP contribution in [0.1, 0.15) is 31.2 Å². The lowest BCUT2D eigenvalue weighted by Gasteiger charge is -2.35. The first-order chi connectivity index (χ1) is 16.6. The average Bonchev–Trinajstić information content (AvgIpc) is 3.69. The van der Waals surface area contributed by atoms with Gasteiger partial charge in [-0.25, -0.2) is 4.39 Å². The topological polar surface area (TPSA) is 71.6 Å². The van der Waals surface area contributed by atoms with Crippen molar-refractivity contribution in [3.63, 3.8) is 0 Å². The van der Waals surface area contributed by atoms with Crippen molar-refractivity contribution < 1.29 is 14.2 Å². The number of aromatic nitrogens is 1. The Balaban J connectivity index is 1.60. The molecule has 178 valence electrons. The molecule has 6 heteroatoms. The predicted molar refractivity (Wildman–Crippen MR) is 134 cm³/mol. The Labute approximate surface area is 200 Å². The number of methoxy groups -OCH3 is 1. The fraction of sp³-hybridized carbons (Fsp3) is 0.393. The fourth-order valence-corrected chi connectivity index (χ4v) is 5.14. The maximum absolute atomic E-state index is 14.4. The number of rotatable bonds is 7. The van der Waals surface area contributed by atoms with E-state index in [-0.39, 0.29) is 17.8 Å². The van der Waals surface area contributed by atoms with Crippen LogP contribution in [0.4, 0.5) is 10.1 Å². The van der Waals surface area contributed by atoms with E-state index in [0.29, 0.717) is 18.2 Å². The van der Waals surface area contributed by atoms with Gasteiger partial charge in [0.05, 0.1) is 19.4 Å². The molecule has 0 atom stereocenters. The Bertz CT molecular complexity index is 1150. The van der Waals surface area contributed by atoms with Gasteiger partial charge in [0.25, 0.3) is 0 Å². The van der Waals surface area contributed by atoms with E-state index in [9.17, 15) is 9.50 Å². The summed E-state index contributed by atoms with van der Waals surface area (Å²) in [5, 5.41) is 9.81. The normalized spacial score (nSPS) is 17.6. The predicted octanol–water partition coefficient (Wildman–Crippen LogP) is 4.76. The second kappa shape index (κ2) is 9.35. The number of anilines is 1. The molecule has 2 heterocycles. The zero-order valence-corrected chi connectivity index (χ0v) is 19.6. The van der Waals surface area contributed by atoms with Gasteiger partial charge in [-0.15, -0.1) is 0 Å². The van der Waals surface area contributed by atoms with Crippen molar-refractivity contribution in [2.45, 2.75) is 31.1 Å². The third kappa shape index (κ3) is 4.28. The molecule has 2 aromatic carbocycles. The van der Waals surface area contributed by atoms with Gasteiger partial charge in [-0.2, -0.15) is 0 Å². The van der Waals surface area contributed by atoms with E-state index in [1.165, 1.54) is 11.6 Å². The molecular weight excluding hydrogens is 429 g/mol. The van der Waals surface area contributed by atoms with Crippen LogP contribution in [0.2, 0.25) is 0 Å². The van der Waals surface area contributed by atoms with Crippen molar-refractivity contribution >= 4 is 5.69 Å². The van der Waals surface area contributed by atoms with Gasteiger partial charge < -0.3 is 20.5 Å². The van der Waals surface area contributed by atoms with Gasteiger partial charge >= 0.3 is 0 Å². The molecule has 0 bridgehead atoms. The summed E-state index contributed by atoms with van der Waals surface area (Å²) in [7, 11) is 1.55. The standard InChI is InChI=1S/C28H32FN3O2/c1-34-24-13-21(12-23(29)14-24)26-17-31-16-25(27(26)32-10-6-19(15-30)7-11-32)20-2-4-22(5-3-20)28(18-33)8-9-28/h2-5,12-14,16-17,19,33H,6-11,15,18,30H2,1H3. The number of aliphatic hydroxyl groups is 1. The molecule has 2 aliphatic rings. The lowest BCUT2D eigenvalue weighted by molar-refractivity contribution is 0.255. The van der Waals surface area contributed by atoms with E-state index >= 15 is 0 Å². The molecule has 0 spiro atoms. The van der Waals surface area contributed by atoms with Gasteiger partial charge in [0.2, 0.25) is 0 Å². The monoisotopic (exact) mass is 461 g/mol. The molecule has 5 nitrogen and oxygen atoms in total. The van der Waals surface area contributed by atoms with Crippen LogP contribution in [0.25, 0.3) is 22.3 Å². The highest BCUT2D eigenvalue weighted by molar-refractivity contribution is 5.90. The number of nitrogens with zero attached hydrogens (tertiary/aromatic N) is 2. The first-order valence-electron chi connectivity index (χ1n) is 12.1. The number of ether oxygens (including phenoxy) is 1. The second-order valence-electron chi connectivity index (χ2n) is 9.64. The summed E-state index contributed by atoms with van der Waals surface area (Å²) >= 11 is 0. The van der Waals surface area contributed by atoms with Gasteiger partial charge in [-0.1, -0.05) is 24.3 Å². The number of piperidine rings is 1. The zero-order chi connectivity index (χ0) is 23.7. The summed E-state index contributed by atoms with van der Waals surface area (Å²) in [6.07, 6.45) is 7.84. The van der Waals surface area contributed by atoms with Crippen LogP contribution in [0.5, 0.6) is 5.75 Å². The number of benzene rings is 2. The molecule has 2 fully saturated rings. The van der Waals surface area contributed by atoms with Crippen LogP contribution in [-0.2, 0) is 5.41 Å². The van der Waals surface area contributed by atoms with Gasteiger partial charge in [0, 0.05) is 48.1 Å². The van der Waals surface area contributed by atoms with Gasteiger partial charge in [-0.05, 0) is 67.0 Å². The van der Waals surface area contributed by atoms with Crippen LogP contribution in [0, 0.1) is 11.7 Å². The molecule has 34 heavy (non-hydrogen) atoms. The molecule has 3 N–H and O–H groups in total. The number of hydrogen-bond donors (Lipinski definition) is 2. The van der Waals surface area contributed by atoms with E-state index < -0.39 is 0 Å². The summed E-state index contributed by atoms with van der Waals surface area (Å²) in [6, 6.07) is 13.3. The molecule has 1 aliphatic carbocycles. The summed E-state index contributed by atoms with van der Waals surface area (Å²) in [4.78, 5) is 6.95. The molecule has 1 aromatic heterocycles. The highest BCUT2D eigenvalue weighted by atomic mass is 19.1. The van der Waals surface area contributed by atoms with Crippen molar-refractivity contribution in [3.05, 3.63) is 66.2 Å². The Kier molecular flexibility index (Phi) is 6.28. The maximum Gasteiger partial charge on any atom is 0.127 e. The fourth-order valence-electron chi connectivity index (χ4n) is 5.14. The minimum Gasteiger partial charge on any atom is -0.497 e. The number of pyridine rings is 1. The minimum absolute atomic E-state index is 0.0658. The molecule has 0 radical (unpaired) electrons. The zero-order valence-electron chi connectivity index (χ0n) is 19.6. The SMILES string of the molecule is COc1cc(F)cc(-c2cncc(-c3ccc(C4(CO)CC4)cc3)c2N2CCC(CN)CC2)c1. The summed E-state index contributed by atoms with van der Waals surface area (Å²) in [5.41, 5.74) is 11.8. The number of halogens is 1. The van der Waals surface area contributed by atoms with E-state index in [1.54, 1.807) is 13.2 Å². The lowest BCUT2D eigenvalue weighted by Crippen LogP contribution is -2.36. The van der Waals surface area contributed by atoms with Crippen LogP contribution < -0.4 is 15.4 Å². The molecule has 1 aliphatic heterocycles. The smallest absolute Gasteiger partial charge is 0.127 e. The largest absolute Gasteiger partial charge is 0.497 e. The Morgan fingerprint density at radius 3 is 2.32 bits per heavy atom. The van der Waals surface area contributed by atoms with Gasteiger partial charge in [0.15, 0.2) is 0 Å². The molecule has 1 saturated carbocycles. The molecule has 1 saturated heterocycles. The Morgan fingerprint density at radius 1 is 1.06 bits per heavy atom. The Morgan fingerprint density at radius 2 is 1.74 bits per heavy atom. The van der Waals surface area contributed by atoms with Crippen LogP contribution >= 0.6 is 0 Å². The highest BCUT2D eigenvalue weighted by Crippen LogP contribution is 2.48. The highest BCUT2D eigenvalue weighted by Gasteiger charge is 2.43. The van der Waals surface area contributed by atoms with Crippen molar-refractivity contribution in [1.82, 2.24) is 4.98 Å². The average molecular weight is 462 g/mol. The third-order valence-electron chi connectivity index (χ3n) is 7.56. The van der Waals surface area contributed by atoms with Crippen molar-refractivity contribution in [2.75, 3.05) is 38.3 Å². The molecular formula is C28H32FN3O2. The van der Waals surface area contributed by atoms with Crippen molar-refractivity contribution in [2.24, 2.45) is 11.7 Å². The molecule has 5 rings (SSSR count). The summed E-state index contributed by atoms with van der Waals surface area (Å²) in [5.74, 6) is 0.679. The molecule has 0 unspecified atom stereocenters. The van der Waals surface area contributed by atoms with Crippen LogP contribution in [0.15, 0.2) is 54.9 Å². The van der Waals surface area contributed by atoms with Crippen LogP contribution in [0.3, 0.4) is 0 Å². The van der Waals surface area contributed by atoms with Gasteiger partial charge in [0.1, 0.15) is 11.6 Å². The first-order valence-corrected chi connectivity index (χ1v) is 12.1. The summed E-state index contributed by atoms with van der Waals surface area (Å²) < 4.78 is 19.8. The van der Waals surface area contributed by atoms with E-state index in [2.05, 4.69) is 34.1 Å². The summed E-state index contributed by atoms with van der Waals surface area (Å²) in [6.45, 7) is 2.68. The van der Waals surface area contributed by atoms with E-state index in [0.717, 1.165) is 66.7 Å². The van der Waals surface area contributed by atoms with E-state index in [4.69, 9.17) is 10.5 Å². The second-order valence-corrected chi connectivity index (χ2v) is 9.64. The third-order valence-corrected chi connectivity index (χ3v) is 7.56. The number of nitrogens with two attached hydrogens (primary N) is 1. The van der Waals surface area contributed by atoms with Crippen molar-refractivity contribution in [3.8, 4) is 28.0 Å². The maximum atomic E-state index is 14.4. The first kappa shape index (κ1) is 22.8. The number of hydrogen-bond acceptors (Lipinski definition) is 5. The lowest BCUT2D eigenvalue weighted by atomic mass is 9.91. The van der Waals surface area contributed by atoms with Gasteiger partial charge in [-0.3, -0.25) is 4.98 Å². The Hall–Kier alpha value is -2.96. The number of aliphatic hydroxyl groups excluding tert-OH is 1. The minimum atomic E-state index is -0.337. The molecule has 3 aromatic rings. The van der Waals surface area contributed by atoms with Crippen LogP contribution in [-0.4, -0.2) is 43.4 Å².